The average Bonchev–Trinajstić information content (AvgIpc) is 3.09. The number of pyridine rings is 1. The number of aromatic nitrogens is 2. The fourth-order valence-corrected chi connectivity index (χ4v) is 3.96. The van der Waals surface area contributed by atoms with Crippen LogP contribution in [-0.2, 0) is 12.0 Å². The normalized spacial score (nSPS) is 11.3. The SMILES string of the molecule is CC(C)(C)c1ccc(Cn2c(=O)oc(=O)c3cccnc32)s1.CCCCBr. The first kappa shape index (κ1) is 21.6. The number of unbranched alkanes of at least 4 members (excludes halogenated alkanes) is 1. The molecule has 3 rings (SSSR count). The summed E-state index contributed by atoms with van der Waals surface area (Å²) in [5.41, 5.74) is -0.224. The molecule has 0 radical (unpaired) electrons. The van der Waals surface area contributed by atoms with Gasteiger partial charge >= 0.3 is 11.4 Å². The molecule has 3 aromatic rings. The van der Waals surface area contributed by atoms with Crippen LogP contribution >= 0.6 is 27.3 Å². The van der Waals surface area contributed by atoms with Gasteiger partial charge in [-0.1, -0.05) is 50.0 Å². The topological polar surface area (TPSA) is 65.1 Å². The molecule has 5 nitrogen and oxygen atoms in total. The van der Waals surface area contributed by atoms with Crippen molar-refractivity contribution in [3.05, 3.63) is 61.2 Å². The molecule has 0 aliphatic rings. The molecule has 0 saturated carbocycles. The van der Waals surface area contributed by atoms with E-state index in [9.17, 15) is 9.59 Å². The van der Waals surface area contributed by atoms with E-state index < -0.39 is 11.4 Å². The Hall–Kier alpha value is -1.73. The van der Waals surface area contributed by atoms with Crippen molar-refractivity contribution in [2.24, 2.45) is 0 Å². The molecule has 0 amide bonds. The smallest absolute Gasteiger partial charge is 0.372 e. The highest BCUT2D eigenvalue weighted by atomic mass is 79.9. The number of nitrogens with zero attached hydrogens (tertiary/aromatic N) is 2. The van der Waals surface area contributed by atoms with Crippen LogP contribution in [0, 0.1) is 0 Å². The van der Waals surface area contributed by atoms with E-state index >= 15 is 0 Å². The third kappa shape index (κ3) is 5.62. The molecule has 0 aliphatic heterocycles. The quantitative estimate of drug-likeness (QED) is 0.525. The van der Waals surface area contributed by atoms with Crippen LogP contribution in [0.4, 0.5) is 0 Å². The van der Waals surface area contributed by atoms with Gasteiger partial charge in [0.2, 0.25) is 0 Å². The van der Waals surface area contributed by atoms with Crippen LogP contribution in [0.25, 0.3) is 11.0 Å². The summed E-state index contributed by atoms with van der Waals surface area (Å²) in [5, 5.41) is 1.47. The molecule has 0 atom stereocenters. The van der Waals surface area contributed by atoms with Crippen molar-refractivity contribution >= 4 is 38.3 Å². The summed E-state index contributed by atoms with van der Waals surface area (Å²) in [4.78, 5) is 30.2. The molecular weight excluding hydrogens is 428 g/mol. The van der Waals surface area contributed by atoms with Crippen LogP contribution in [0.2, 0.25) is 0 Å². The van der Waals surface area contributed by atoms with Gasteiger partial charge in [0, 0.05) is 21.3 Å². The highest BCUT2D eigenvalue weighted by molar-refractivity contribution is 9.09. The molecule has 3 aromatic heterocycles. The van der Waals surface area contributed by atoms with E-state index in [2.05, 4.69) is 54.7 Å². The third-order valence-electron chi connectivity index (χ3n) is 3.86. The fraction of sp³-hybridized carbons (Fsp3) is 0.450. The van der Waals surface area contributed by atoms with Crippen molar-refractivity contribution in [2.75, 3.05) is 5.33 Å². The lowest BCUT2D eigenvalue weighted by Gasteiger charge is -2.15. The van der Waals surface area contributed by atoms with Crippen LogP contribution in [0.3, 0.4) is 0 Å². The van der Waals surface area contributed by atoms with E-state index in [0.29, 0.717) is 17.6 Å². The molecule has 0 N–H and O–H groups in total. The van der Waals surface area contributed by atoms with Gasteiger partial charge in [0.25, 0.3) is 0 Å². The predicted octanol–water partition coefficient (Wildman–Crippen LogP) is 4.94. The minimum atomic E-state index is -0.679. The summed E-state index contributed by atoms with van der Waals surface area (Å²) in [5.74, 6) is -0.679. The van der Waals surface area contributed by atoms with E-state index in [-0.39, 0.29) is 5.41 Å². The Balaban J connectivity index is 0.000000465. The monoisotopic (exact) mass is 452 g/mol. The summed E-state index contributed by atoms with van der Waals surface area (Å²) in [6.07, 6.45) is 4.16. The highest BCUT2D eigenvalue weighted by Gasteiger charge is 2.17. The van der Waals surface area contributed by atoms with Crippen LogP contribution in [0.5, 0.6) is 0 Å². The van der Waals surface area contributed by atoms with Gasteiger partial charge in [-0.15, -0.1) is 11.3 Å². The van der Waals surface area contributed by atoms with Gasteiger partial charge in [-0.2, -0.15) is 0 Å². The van der Waals surface area contributed by atoms with Crippen molar-refractivity contribution in [1.29, 1.82) is 0 Å². The second-order valence-electron chi connectivity index (χ2n) is 7.17. The molecule has 0 fully saturated rings. The summed E-state index contributed by atoms with van der Waals surface area (Å²) in [7, 11) is 0. The van der Waals surface area contributed by atoms with Gasteiger partial charge in [-0.05, 0) is 36.1 Å². The summed E-state index contributed by atoms with van der Waals surface area (Å²) in [6, 6.07) is 7.33. The zero-order valence-electron chi connectivity index (χ0n) is 16.1. The van der Waals surface area contributed by atoms with Crippen molar-refractivity contribution in [3.8, 4) is 0 Å². The van der Waals surface area contributed by atoms with Crippen molar-refractivity contribution < 1.29 is 4.42 Å². The molecule has 7 heteroatoms. The lowest BCUT2D eigenvalue weighted by atomic mass is 9.95. The second kappa shape index (κ2) is 9.46. The van der Waals surface area contributed by atoms with E-state index in [0.717, 1.165) is 10.2 Å². The van der Waals surface area contributed by atoms with Crippen LogP contribution in [0.1, 0.15) is 50.3 Å². The van der Waals surface area contributed by atoms with Gasteiger partial charge < -0.3 is 4.42 Å². The van der Waals surface area contributed by atoms with Gasteiger partial charge in [-0.25, -0.2) is 14.6 Å². The Kier molecular flexibility index (Phi) is 7.56. The predicted molar refractivity (Wildman–Crippen MR) is 115 cm³/mol. The number of hydrogen-bond acceptors (Lipinski definition) is 5. The number of alkyl halides is 1. The lowest BCUT2D eigenvalue weighted by molar-refractivity contribution is 0.424. The molecule has 146 valence electrons. The Morgan fingerprint density at radius 3 is 2.52 bits per heavy atom. The van der Waals surface area contributed by atoms with E-state index in [1.807, 2.05) is 6.07 Å². The van der Waals surface area contributed by atoms with Crippen LogP contribution in [0.15, 0.2) is 44.5 Å². The lowest BCUT2D eigenvalue weighted by Crippen LogP contribution is -2.25. The number of fused-ring (bicyclic) bond motifs is 1. The first-order chi connectivity index (χ1) is 12.8. The highest BCUT2D eigenvalue weighted by Crippen LogP contribution is 2.29. The van der Waals surface area contributed by atoms with Gasteiger partial charge in [-0.3, -0.25) is 4.57 Å². The van der Waals surface area contributed by atoms with Crippen LogP contribution in [-0.4, -0.2) is 14.9 Å². The first-order valence-electron chi connectivity index (χ1n) is 8.91. The Bertz CT molecular complexity index is 997. The molecule has 27 heavy (non-hydrogen) atoms. The molecule has 0 saturated heterocycles. The van der Waals surface area contributed by atoms with Crippen molar-refractivity contribution in [2.45, 2.75) is 52.5 Å². The van der Waals surface area contributed by atoms with Gasteiger partial charge in [0.05, 0.1) is 6.54 Å². The molecule has 0 aliphatic carbocycles. The number of hydrogen-bond donors (Lipinski definition) is 0. The maximum absolute atomic E-state index is 12.0. The first-order valence-corrected chi connectivity index (χ1v) is 10.9. The second-order valence-corrected chi connectivity index (χ2v) is 9.14. The van der Waals surface area contributed by atoms with Gasteiger partial charge in [0.1, 0.15) is 5.39 Å². The zero-order chi connectivity index (χ0) is 20.0. The standard InChI is InChI=1S/C16H16N2O3S.C4H9Br/c1-16(2,3)12-7-6-10(22-12)9-18-13-11(5-4-8-17-13)14(19)21-15(18)20;1-2-3-4-5/h4-8H,9H2,1-3H3;2-4H2,1H3. The van der Waals surface area contributed by atoms with E-state index in [4.69, 9.17) is 4.42 Å². The number of rotatable bonds is 4. The van der Waals surface area contributed by atoms with Crippen LogP contribution < -0.4 is 11.4 Å². The van der Waals surface area contributed by atoms with Crippen molar-refractivity contribution in [1.82, 2.24) is 9.55 Å². The minimum Gasteiger partial charge on any atom is -0.372 e. The fourth-order valence-electron chi connectivity index (χ4n) is 2.34. The Morgan fingerprint density at radius 1 is 1.22 bits per heavy atom. The summed E-state index contributed by atoms with van der Waals surface area (Å²) < 4.78 is 6.18. The summed E-state index contributed by atoms with van der Waals surface area (Å²) in [6.45, 7) is 8.96. The minimum absolute atomic E-state index is 0.0669. The molecule has 3 heterocycles. The van der Waals surface area contributed by atoms with E-state index in [1.165, 1.54) is 22.3 Å². The number of halogens is 1. The summed E-state index contributed by atoms with van der Waals surface area (Å²) >= 11 is 4.96. The average molecular weight is 453 g/mol. The largest absolute Gasteiger partial charge is 0.423 e. The molecule has 0 aromatic carbocycles. The Morgan fingerprint density at radius 2 is 1.96 bits per heavy atom. The third-order valence-corrected chi connectivity index (χ3v) is 5.92. The van der Waals surface area contributed by atoms with Crippen molar-refractivity contribution in [3.63, 3.8) is 0 Å². The Labute approximate surface area is 171 Å². The molecule has 0 bridgehead atoms. The number of thiophene rings is 1. The van der Waals surface area contributed by atoms with Gasteiger partial charge in [0.15, 0.2) is 5.65 Å². The van der Waals surface area contributed by atoms with E-state index in [1.54, 1.807) is 29.7 Å². The maximum atomic E-state index is 12.0. The molecule has 0 unspecified atom stereocenters. The molecule has 0 spiro atoms. The zero-order valence-corrected chi connectivity index (χ0v) is 18.5. The maximum Gasteiger partial charge on any atom is 0.423 e. The molecular formula is C20H25BrN2O3S.